The first-order valence-corrected chi connectivity index (χ1v) is 7.72. The second-order valence-corrected chi connectivity index (χ2v) is 6.62. The number of halogens is 1. The summed E-state index contributed by atoms with van der Waals surface area (Å²) in [6.07, 6.45) is 1.18. The Bertz CT molecular complexity index is 602. The maximum atomic E-state index is 13.2. The molecule has 0 bridgehead atoms. The van der Waals surface area contributed by atoms with E-state index in [1.165, 1.54) is 29.6 Å². The van der Waals surface area contributed by atoms with Crippen LogP contribution in [0.2, 0.25) is 0 Å². The van der Waals surface area contributed by atoms with Crippen LogP contribution in [0.5, 0.6) is 0 Å². The minimum Gasteiger partial charge on any atom is -0.469 e. The monoisotopic (exact) mass is 301 g/mol. The van der Waals surface area contributed by atoms with E-state index >= 15 is 0 Å². The van der Waals surface area contributed by atoms with Crippen LogP contribution in [0.15, 0.2) is 29.2 Å². The summed E-state index contributed by atoms with van der Waals surface area (Å²) >= 11 is 0. The fraction of sp³-hybridized carbons (Fsp3) is 0.462. The van der Waals surface area contributed by atoms with Gasteiger partial charge in [-0.3, -0.25) is 4.79 Å². The van der Waals surface area contributed by atoms with Gasteiger partial charge in [-0.05, 0) is 31.0 Å². The molecule has 0 radical (unpaired) electrons. The Morgan fingerprint density at radius 3 is 2.85 bits per heavy atom. The number of ether oxygens (including phenoxy) is 1. The van der Waals surface area contributed by atoms with Crippen molar-refractivity contribution in [2.75, 3.05) is 20.2 Å². The van der Waals surface area contributed by atoms with Gasteiger partial charge in [0.15, 0.2) is 0 Å². The summed E-state index contributed by atoms with van der Waals surface area (Å²) in [5.74, 6) is -1.48. The quantitative estimate of drug-likeness (QED) is 0.792. The highest BCUT2D eigenvalue weighted by Gasteiger charge is 2.33. The third-order valence-corrected chi connectivity index (χ3v) is 5.21. The number of carbonyl (C=O) groups excluding carboxylic acids is 1. The number of nitrogens with zero attached hydrogens (tertiary/aromatic N) is 1. The number of hydrogen-bond donors (Lipinski definition) is 0. The molecule has 1 aromatic rings. The van der Waals surface area contributed by atoms with Crippen molar-refractivity contribution in [2.45, 2.75) is 17.7 Å². The van der Waals surface area contributed by atoms with E-state index in [2.05, 4.69) is 4.74 Å². The number of carbonyl (C=O) groups is 1. The summed E-state index contributed by atoms with van der Waals surface area (Å²) in [6, 6.07) is 4.87. The summed E-state index contributed by atoms with van der Waals surface area (Å²) in [6.45, 7) is 0.401. The zero-order chi connectivity index (χ0) is 14.8. The second kappa shape index (κ2) is 5.88. The fourth-order valence-electron chi connectivity index (χ4n) is 2.30. The van der Waals surface area contributed by atoms with Crippen molar-refractivity contribution in [1.29, 1.82) is 0 Å². The van der Waals surface area contributed by atoms with E-state index in [9.17, 15) is 17.6 Å². The number of hydrogen-bond acceptors (Lipinski definition) is 4. The fourth-order valence-corrected chi connectivity index (χ4v) is 3.85. The highest BCUT2D eigenvalue weighted by atomic mass is 32.2. The molecule has 0 N–H and O–H groups in total. The van der Waals surface area contributed by atoms with Crippen molar-refractivity contribution in [3.05, 3.63) is 30.1 Å². The van der Waals surface area contributed by atoms with Gasteiger partial charge in [-0.25, -0.2) is 12.8 Å². The van der Waals surface area contributed by atoms with Crippen LogP contribution in [0.4, 0.5) is 4.39 Å². The molecule has 110 valence electrons. The minimum absolute atomic E-state index is 0.0749. The van der Waals surface area contributed by atoms with E-state index < -0.39 is 27.7 Å². The van der Waals surface area contributed by atoms with Crippen LogP contribution >= 0.6 is 0 Å². The summed E-state index contributed by atoms with van der Waals surface area (Å²) < 4.78 is 43.8. The summed E-state index contributed by atoms with van der Waals surface area (Å²) in [5.41, 5.74) is 0. The molecule has 0 unspecified atom stereocenters. The zero-order valence-corrected chi connectivity index (χ0v) is 11.9. The average Bonchev–Trinajstić information content (AvgIpc) is 2.46. The highest BCUT2D eigenvalue weighted by molar-refractivity contribution is 7.89. The summed E-state index contributed by atoms with van der Waals surface area (Å²) in [7, 11) is -2.49. The number of sulfonamides is 1. The standard InChI is InChI=1S/C13H16FNO4S/c1-19-13(16)10-4-3-7-15(9-10)20(17,18)12-6-2-5-11(14)8-12/h2,5-6,8,10H,3-4,7,9H2,1H3/t10-/m0/s1. The van der Waals surface area contributed by atoms with E-state index in [0.717, 1.165) is 6.07 Å². The van der Waals surface area contributed by atoms with Crippen molar-refractivity contribution in [1.82, 2.24) is 4.31 Å². The largest absolute Gasteiger partial charge is 0.469 e. The number of methoxy groups -OCH3 is 1. The molecule has 1 aliphatic rings. The van der Waals surface area contributed by atoms with Crippen LogP contribution in [-0.4, -0.2) is 38.9 Å². The number of benzene rings is 1. The van der Waals surface area contributed by atoms with Gasteiger partial charge in [-0.15, -0.1) is 0 Å². The predicted molar refractivity (Wildman–Crippen MR) is 69.9 cm³/mol. The second-order valence-electron chi connectivity index (χ2n) is 4.68. The van der Waals surface area contributed by atoms with E-state index in [1.807, 2.05) is 0 Å². The first kappa shape index (κ1) is 14.9. The van der Waals surface area contributed by atoms with Gasteiger partial charge in [0.1, 0.15) is 5.82 Å². The van der Waals surface area contributed by atoms with Crippen LogP contribution in [-0.2, 0) is 19.6 Å². The van der Waals surface area contributed by atoms with Gasteiger partial charge in [0.25, 0.3) is 0 Å². The Balaban J connectivity index is 2.23. The molecule has 20 heavy (non-hydrogen) atoms. The minimum atomic E-state index is -3.77. The van der Waals surface area contributed by atoms with Crippen molar-refractivity contribution in [3.63, 3.8) is 0 Å². The lowest BCUT2D eigenvalue weighted by atomic mass is 10.0. The number of rotatable bonds is 3. The maximum absolute atomic E-state index is 13.2. The average molecular weight is 301 g/mol. The van der Waals surface area contributed by atoms with Gasteiger partial charge in [0.2, 0.25) is 10.0 Å². The number of piperidine rings is 1. The van der Waals surface area contributed by atoms with Gasteiger partial charge in [0.05, 0.1) is 17.9 Å². The molecule has 1 aromatic carbocycles. The third-order valence-electron chi connectivity index (χ3n) is 3.35. The summed E-state index contributed by atoms with van der Waals surface area (Å²) in [4.78, 5) is 11.4. The Morgan fingerprint density at radius 1 is 1.45 bits per heavy atom. The highest BCUT2D eigenvalue weighted by Crippen LogP contribution is 2.24. The molecule has 0 aliphatic carbocycles. The van der Waals surface area contributed by atoms with Crippen molar-refractivity contribution in [3.8, 4) is 0 Å². The molecule has 1 saturated heterocycles. The molecule has 0 aromatic heterocycles. The molecule has 1 fully saturated rings. The molecule has 5 nitrogen and oxygen atoms in total. The van der Waals surface area contributed by atoms with Crippen LogP contribution in [0, 0.1) is 11.7 Å². The van der Waals surface area contributed by atoms with Gasteiger partial charge in [-0.1, -0.05) is 6.07 Å². The van der Waals surface area contributed by atoms with E-state index in [-0.39, 0.29) is 11.4 Å². The van der Waals surface area contributed by atoms with Gasteiger partial charge >= 0.3 is 5.97 Å². The lowest BCUT2D eigenvalue weighted by Crippen LogP contribution is -2.42. The lowest BCUT2D eigenvalue weighted by Gasteiger charge is -2.30. The van der Waals surface area contributed by atoms with Crippen molar-refractivity contribution < 1.29 is 22.3 Å². The molecule has 2 rings (SSSR count). The molecular weight excluding hydrogens is 285 g/mol. The smallest absolute Gasteiger partial charge is 0.309 e. The van der Waals surface area contributed by atoms with Gasteiger partial charge in [-0.2, -0.15) is 4.31 Å². The first-order valence-electron chi connectivity index (χ1n) is 6.28. The molecule has 1 heterocycles. The Kier molecular flexibility index (Phi) is 4.39. The molecule has 1 atom stereocenters. The van der Waals surface area contributed by atoms with Gasteiger partial charge in [0, 0.05) is 13.1 Å². The third kappa shape index (κ3) is 2.99. The van der Waals surface area contributed by atoms with E-state index in [0.29, 0.717) is 19.4 Å². The molecular formula is C13H16FNO4S. The normalized spacial score (nSPS) is 20.6. The SMILES string of the molecule is COC(=O)[C@H]1CCCN(S(=O)(=O)c2cccc(F)c2)C1. The molecule has 7 heteroatoms. The maximum Gasteiger partial charge on any atom is 0.309 e. The topological polar surface area (TPSA) is 63.7 Å². The lowest BCUT2D eigenvalue weighted by molar-refractivity contribution is -0.146. The van der Waals surface area contributed by atoms with Crippen LogP contribution < -0.4 is 0 Å². The van der Waals surface area contributed by atoms with E-state index in [4.69, 9.17) is 0 Å². The number of esters is 1. The van der Waals surface area contributed by atoms with Crippen LogP contribution in [0.25, 0.3) is 0 Å². The predicted octanol–water partition coefficient (Wildman–Crippen LogP) is 1.40. The molecule has 0 amide bonds. The summed E-state index contributed by atoms with van der Waals surface area (Å²) in [5, 5.41) is 0. The zero-order valence-electron chi connectivity index (χ0n) is 11.1. The van der Waals surface area contributed by atoms with Crippen LogP contribution in [0.3, 0.4) is 0 Å². The van der Waals surface area contributed by atoms with Crippen LogP contribution in [0.1, 0.15) is 12.8 Å². The van der Waals surface area contributed by atoms with Crippen molar-refractivity contribution in [2.24, 2.45) is 5.92 Å². The first-order chi connectivity index (χ1) is 9.45. The Hall–Kier alpha value is -1.47. The van der Waals surface area contributed by atoms with Gasteiger partial charge < -0.3 is 4.74 Å². The van der Waals surface area contributed by atoms with E-state index in [1.54, 1.807) is 0 Å². The molecule has 0 saturated carbocycles. The molecule has 0 spiro atoms. The molecule has 1 aliphatic heterocycles. The van der Waals surface area contributed by atoms with Crippen molar-refractivity contribution >= 4 is 16.0 Å². The Morgan fingerprint density at radius 2 is 2.20 bits per heavy atom. The Labute approximate surface area is 117 Å².